The minimum absolute atomic E-state index is 0.0426. The average molecular weight is 478 g/mol. The second kappa shape index (κ2) is 14.2. The van der Waals surface area contributed by atoms with Gasteiger partial charge in [0.25, 0.3) is 0 Å². The number of ether oxygens (including phenoxy) is 1. The number of hydrogen-bond donors (Lipinski definition) is 1. The van der Waals surface area contributed by atoms with Gasteiger partial charge in [0.1, 0.15) is 5.78 Å². The van der Waals surface area contributed by atoms with Crippen molar-refractivity contribution in [3.05, 3.63) is 33.3 Å². The van der Waals surface area contributed by atoms with E-state index in [4.69, 9.17) is 4.74 Å². The molecule has 1 rings (SSSR count). The molecule has 0 aromatic carbocycles. The van der Waals surface area contributed by atoms with E-state index in [0.29, 0.717) is 0 Å². The molecule has 1 aromatic heterocycles. The average Bonchev–Trinajstić information content (AvgIpc) is 3.16. The van der Waals surface area contributed by atoms with Crippen LogP contribution in [0.1, 0.15) is 97.7 Å². The van der Waals surface area contributed by atoms with Gasteiger partial charge in [0.15, 0.2) is 0 Å². The van der Waals surface area contributed by atoms with Gasteiger partial charge in [-0.05, 0) is 70.4 Å². The largest absolute Gasteiger partial charge is 0.392 e. The molecule has 33 heavy (non-hydrogen) atoms. The number of aromatic nitrogens is 1. The molecule has 188 valence electrons. The third-order valence-electron chi connectivity index (χ3n) is 6.77. The Balaban J connectivity index is 2.54. The summed E-state index contributed by atoms with van der Waals surface area (Å²) in [6, 6.07) is 0. The Morgan fingerprint density at radius 2 is 1.97 bits per heavy atom. The van der Waals surface area contributed by atoms with E-state index in [0.717, 1.165) is 49.2 Å². The SMILES string of the molecule is CCCC(C)(C)C(=O)C(C)C(O)C(C)CCC/C(C)=C\CC(OC)/C(C)=C/c1csc(C)n1. The molecule has 4 nitrogen and oxygen atoms in total. The van der Waals surface area contributed by atoms with Gasteiger partial charge in [-0.2, -0.15) is 0 Å². The highest BCUT2D eigenvalue weighted by atomic mass is 32.1. The molecule has 1 heterocycles. The molecule has 0 amide bonds. The van der Waals surface area contributed by atoms with E-state index in [1.165, 1.54) is 11.1 Å². The third kappa shape index (κ3) is 9.84. The van der Waals surface area contributed by atoms with Crippen LogP contribution >= 0.6 is 11.3 Å². The summed E-state index contributed by atoms with van der Waals surface area (Å²) in [7, 11) is 1.75. The molecule has 0 fully saturated rings. The zero-order valence-electron chi connectivity index (χ0n) is 22.4. The number of carbonyl (C=O) groups is 1. The molecule has 0 aliphatic rings. The van der Waals surface area contributed by atoms with Crippen molar-refractivity contribution < 1.29 is 14.6 Å². The first-order chi connectivity index (χ1) is 15.4. The highest BCUT2D eigenvalue weighted by molar-refractivity contribution is 7.09. The van der Waals surface area contributed by atoms with Gasteiger partial charge in [-0.25, -0.2) is 4.98 Å². The fourth-order valence-electron chi connectivity index (χ4n) is 4.54. The lowest BCUT2D eigenvalue weighted by Gasteiger charge is -2.31. The van der Waals surface area contributed by atoms with Gasteiger partial charge in [0.05, 0.1) is 22.9 Å². The van der Waals surface area contributed by atoms with Crippen LogP contribution in [0.15, 0.2) is 22.6 Å². The fourth-order valence-corrected chi connectivity index (χ4v) is 5.11. The summed E-state index contributed by atoms with van der Waals surface area (Å²) < 4.78 is 5.71. The van der Waals surface area contributed by atoms with Crippen LogP contribution < -0.4 is 0 Å². The van der Waals surface area contributed by atoms with E-state index in [-0.39, 0.29) is 29.1 Å². The Labute approximate surface area is 206 Å². The summed E-state index contributed by atoms with van der Waals surface area (Å²) in [5, 5.41) is 13.9. The van der Waals surface area contributed by atoms with Crippen molar-refractivity contribution in [2.45, 2.75) is 106 Å². The van der Waals surface area contributed by atoms with Crippen LogP contribution in [-0.2, 0) is 9.53 Å². The molecule has 5 heteroatoms. The number of hydrogen-bond acceptors (Lipinski definition) is 5. The molecule has 0 aliphatic heterocycles. The van der Waals surface area contributed by atoms with Crippen LogP contribution in [0.25, 0.3) is 6.08 Å². The number of ketones is 1. The molecule has 4 atom stereocenters. The van der Waals surface area contributed by atoms with Crippen molar-refractivity contribution in [3.63, 3.8) is 0 Å². The van der Waals surface area contributed by atoms with Gasteiger partial charge in [0, 0.05) is 23.8 Å². The fraction of sp³-hybridized carbons (Fsp3) is 0.714. The maximum Gasteiger partial charge on any atom is 0.143 e. The number of carbonyl (C=O) groups excluding carboxylic acids is 1. The van der Waals surface area contributed by atoms with E-state index in [2.05, 4.69) is 50.2 Å². The maximum absolute atomic E-state index is 12.8. The number of aryl methyl sites for hydroxylation is 1. The van der Waals surface area contributed by atoms with E-state index >= 15 is 0 Å². The molecule has 1 N–H and O–H groups in total. The third-order valence-corrected chi connectivity index (χ3v) is 7.56. The summed E-state index contributed by atoms with van der Waals surface area (Å²) in [6.07, 6.45) is 9.41. The van der Waals surface area contributed by atoms with Gasteiger partial charge in [-0.1, -0.05) is 52.7 Å². The molecule has 0 saturated heterocycles. The molecular weight excluding hydrogens is 430 g/mol. The molecule has 4 unspecified atom stereocenters. The van der Waals surface area contributed by atoms with Crippen LogP contribution in [0.4, 0.5) is 0 Å². The lowest BCUT2D eigenvalue weighted by Crippen LogP contribution is -2.38. The molecule has 0 radical (unpaired) electrons. The number of Topliss-reactive ketones (excluding diaryl/α,β-unsaturated/α-hetero) is 1. The molecule has 1 aromatic rings. The number of allylic oxidation sites excluding steroid dienone is 1. The monoisotopic (exact) mass is 477 g/mol. The first-order valence-corrected chi connectivity index (χ1v) is 13.3. The van der Waals surface area contributed by atoms with Gasteiger partial charge in [-0.3, -0.25) is 4.79 Å². The summed E-state index contributed by atoms with van der Waals surface area (Å²) in [6.45, 7) is 16.3. The summed E-state index contributed by atoms with van der Waals surface area (Å²) in [5.41, 5.74) is 3.14. The van der Waals surface area contributed by atoms with Crippen molar-refractivity contribution in [1.82, 2.24) is 4.98 Å². The summed E-state index contributed by atoms with van der Waals surface area (Å²) in [4.78, 5) is 17.4. The quantitative estimate of drug-likeness (QED) is 0.267. The number of methoxy groups -OCH3 is 1. The minimum atomic E-state index is -0.585. The Kier molecular flexibility index (Phi) is 12.8. The smallest absolute Gasteiger partial charge is 0.143 e. The summed E-state index contributed by atoms with van der Waals surface area (Å²) >= 11 is 1.66. The molecule has 0 spiro atoms. The van der Waals surface area contributed by atoms with Crippen molar-refractivity contribution in [3.8, 4) is 0 Å². The van der Waals surface area contributed by atoms with E-state index in [1.54, 1.807) is 18.4 Å². The van der Waals surface area contributed by atoms with Crippen LogP contribution in [0.5, 0.6) is 0 Å². The van der Waals surface area contributed by atoms with Crippen LogP contribution in [0.3, 0.4) is 0 Å². The first kappa shape index (κ1) is 29.7. The number of rotatable bonds is 15. The van der Waals surface area contributed by atoms with E-state index in [1.807, 2.05) is 27.7 Å². The molecular formula is C28H47NO3S. The van der Waals surface area contributed by atoms with Crippen LogP contribution in [0.2, 0.25) is 0 Å². The number of nitrogens with zero attached hydrogens (tertiary/aromatic N) is 1. The van der Waals surface area contributed by atoms with E-state index < -0.39 is 6.10 Å². The Bertz CT molecular complexity index is 793. The highest BCUT2D eigenvalue weighted by Gasteiger charge is 2.35. The number of aliphatic hydroxyl groups is 1. The lowest BCUT2D eigenvalue weighted by molar-refractivity contribution is -0.135. The second-order valence-corrected chi connectivity index (χ2v) is 11.4. The lowest BCUT2D eigenvalue weighted by atomic mass is 9.74. The van der Waals surface area contributed by atoms with E-state index in [9.17, 15) is 9.90 Å². The Morgan fingerprint density at radius 1 is 1.30 bits per heavy atom. The predicted octanol–water partition coefficient (Wildman–Crippen LogP) is 7.41. The van der Waals surface area contributed by atoms with Crippen molar-refractivity contribution >= 4 is 23.2 Å². The van der Waals surface area contributed by atoms with Gasteiger partial charge in [-0.15, -0.1) is 11.3 Å². The van der Waals surface area contributed by atoms with Gasteiger partial charge < -0.3 is 9.84 Å². The maximum atomic E-state index is 12.8. The topological polar surface area (TPSA) is 59.4 Å². The second-order valence-electron chi connectivity index (χ2n) is 10.3. The predicted molar refractivity (Wildman–Crippen MR) is 142 cm³/mol. The van der Waals surface area contributed by atoms with Crippen LogP contribution in [-0.4, -0.2) is 35.2 Å². The zero-order valence-corrected chi connectivity index (χ0v) is 23.2. The zero-order chi connectivity index (χ0) is 25.2. The first-order valence-electron chi connectivity index (χ1n) is 12.4. The van der Waals surface area contributed by atoms with Crippen molar-refractivity contribution in [2.24, 2.45) is 17.3 Å². The Hall–Kier alpha value is -1.30. The standard InChI is InChI=1S/C28H47NO3S/c1-10-16-28(7,8)27(31)22(5)26(30)20(3)13-11-12-19(2)14-15-25(32-9)21(4)17-24-18-33-23(6)29-24/h14,17-18,20,22,25-26,30H,10-13,15-16H2,1-9H3/b19-14-,21-17+. The van der Waals surface area contributed by atoms with Crippen LogP contribution in [0, 0.1) is 24.2 Å². The Morgan fingerprint density at radius 3 is 2.52 bits per heavy atom. The number of thiazole rings is 1. The van der Waals surface area contributed by atoms with Gasteiger partial charge in [0.2, 0.25) is 0 Å². The summed E-state index contributed by atoms with van der Waals surface area (Å²) in [5.74, 6) is -0.0359. The van der Waals surface area contributed by atoms with Gasteiger partial charge >= 0.3 is 0 Å². The molecule has 0 aliphatic carbocycles. The number of aliphatic hydroxyl groups excluding tert-OH is 1. The highest BCUT2D eigenvalue weighted by Crippen LogP contribution is 2.31. The minimum Gasteiger partial charge on any atom is -0.392 e. The molecule has 0 bridgehead atoms. The van der Waals surface area contributed by atoms with Crippen molar-refractivity contribution in [1.29, 1.82) is 0 Å². The van der Waals surface area contributed by atoms with Crippen molar-refractivity contribution in [2.75, 3.05) is 7.11 Å². The molecule has 0 saturated carbocycles. The normalized spacial score (nSPS) is 17.0.